The summed E-state index contributed by atoms with van der Waals surface area (Å²) in [6.45, 7) is 1.66. The van der Waals surface area contributed by atoms with Crippen LogP contribution in [0.1, 0.15) is 28.6 Å². The molecule has 0 aliphatic carbocycles. The summed E-state index contributed by atoms with van der Waals surface area (Å²) in [5.41, 5.74) is 2.15. The third-order valence-electron chi connectivity index (χ3n) is 5.00. The van der Waals surface area contributed by atoms with Crippen molar-refractivity contribution < 1.29 is 14.1 Å². The molecular weight excluding hydrogens is 334 g/mol. The number of likely N-dealkylation sites (tertiary alicyclic amines) is 1. The van der Waals surface area contributed by atoms with E-state index in [1.807, 2.05) is 35.0 Å². The van der Waals surface area contributed by atoms with Crippen molar-refractivity contribution in [3.05, 3.63) is 54.0 Å². The second-order valence-corrected chi connectivity index (χ2v) is 6.57. The topological polar surface area (TPSA) is 86.3 Å². The monoisotopic (exact) mass is 351 g/mol. The van der Waals surface area contributed by atoms with E-state index < -0.39 is 0 Å². The molecular formula is C18H17N5O3. The zero-order valence-electron chi connectivity index (χ0n) is 14.0. The maximum Gasteiger partial charge on any atom is 0.276 e. The summed E-state index contributed by atoms with van der Waals surface area (Å²) in [6.07, 6.45) is 2.53. The summed E-state index contributed by atoms with van der Waals surface area (Å²) in [6, 6.07) is 11.3. The van der Waals surface area contributed by atoms with Crippen molar-refractivity contribution in [1.29, 1.82) is 0 Å². The highest BCUT2D eigenvalue weighted by Gasteiger charge is 2.38. The molecule has 8 heteroatoms. The zero-order chi connectivity index (χ0) is 17.5. The Balaban J connectivity index is 1.36. The van der Waals surface area contributed by atoms with E-state index in [1.54, 1.807) is 17.2 Å². The van der Waals surface area contributed by atoms with Gasteiger partial charge in [-0.15, -0.1) is 5.10 Å². The Morgan fingerprint density at radius 3 is 3.00 bits per heavy atom. The molecule has 2 aliphatic heterocycles. The maximum atomic E-state index is 12.9. The standard InChI is InChI=1S/C18H17N5O3/c24-18(14-8-17(26-20-14)12-4-2-1-3-5-12)22-7-6-16-15(10-22)23-13(11-25-16)9-19-21-23/h1-5,8-9,15-16H,6-7,10-11H2/t15-,16-/m1/s1. The molecule has 5 rings (SSSR count). The Kier molecular flexibility index (Phi) is 3.56. The molecule has 2 atom stereocenters. The van der Waals surface area contributed by atoms with Crippen molar-refractivity contribution in [2.75, 3.05) is 13.1 Å². The van der Waals surface area contributed by atoms with Crippen molar-refractivity contribution >= 4 is 5.91 Å². The van der Waals surface area contributed by atoms with Crippen LogP contribution in [0.2, 0.25) is 0 Å². The van der Waals surface area contributed by atoms with Crippen LogP contribution in [0, 0.1) is 0 Å². The average molecular weight is 351 g/mol. The number of nitrogens with zero attached hydrogens (tertiary/aromatic N) is 5. The number of fused-ring (bicyclic) bond motifs is 3. The fraction of sp³-hybridized carbons (Fsp3) is 0.333. The van der Waals surface area contributed by atoms with E-state index in [2.05, 4.69) is 15.5 Å². The van der Waals surface area contributed by atoms with Crippen LogP contribution in [0.25, 0.3) is 11.3 Å². The number of amides is 1. The number of carbonyl (C=O) groups excluding carboxylic acids is 1. The van der Waals surface area contributed by atoms with E-state index in [0.29, 0.717) is 31.2 Å². The van der Waals surface area contributed by atoms with Crippen LogP contribution < -0.4 is 0 Å². The van der Waals surface area contributed by atoms with Gasteiger partial charge in [0.15, 0.2) is 11.5 Å². The first kappa shape index (κ1) is 15.3. The van der Waals surface area contributed by atoms with Crippen molar-refractivity contribution in [2.24, 2.45) is 0 Å². The number of carbonyl (C=O) groups is 1. The molecule has 0 spiro atoms. The fourth-order valence-electron chi connectivity index (χ4n) is 3.64. The van der Waals surface area contributed by atoms with Gasteiger partial charge in [0.1, 0.15) is 0 Å². The molecule has 132 valence electrons. The largest absolute Gasteiger partial charge is 0.370 e. The van der Waals surface area contributed by atoms with Crippen LogP contribution in [0.5, 0.6) is 0 Å². The molecule has 0 unspecified atom stereocenters. The third kappa shape index (κ3) is 2.50. The highest BCUT2D eigenvalue weighted by atomic mass is 16.5. The Hall–Kier alpha value is -3.00. The Bertz CT molecular complexity index is 935. The first-order valence-electron chi connectivity index (χ1n) is 8.61. The van der Waals surface area contributed by atoms with E-state index in [0.717, 1.165) is 17.7 Å². The summed E-state index contributed by atoms with van der Waals surface area (Å²) in [5, 5.41) is 12.1. The molecule has 2 aliphatic rings. The van der Waals surface area contributed by atoms with E-state index in [1.165, 1.54) is 0 Å². The maximum absolute atomic E-state index is 12.9. The van der Waals surface area contributed by atoms with Crippen LogP contribution in [-0.2, 0) is 11.3 Å². The number of aromatic nitrogens is 4. The molecule has 1 amide bonds. The lowest BCUT2D eigenvalue weighted by atomic mass is 10.00. The third-order valence-corrected chi connectivity index (χ3v) is 5.00. The molecule has 0 N–H and O–H groups in total. The molecule has 8 nitrogen and oxygen atoms in total. The van der Waals surface area contributed by atoms with Gasteiger partial charge in [0, 0.05) is 24.7 Å². The molecule has 1 saturated heterocycles. The summed E-state index contributed by atoms with van der Waals surface area (Å²) in [7, 11) is 0. The van der Waals surface area contributed by atoms with E-state index in [4.69, 9.17) is 9.26 Å². The number of hydrogen-bond acceptors (Lipinski definition) is 6. The summed E-state index contributed by atoms with van der Waals surface area (Å²) >= 11 is 0. The van der Waals surface area contributed by atoms with Gasteiger partial charge in [0.2, 0.25) is 0 Å². The van der Waals surface area contributed by atoms with Crippen molar-refractivity contribution in [1.82, 2.24) is 25.1 Å². The van der Waals surface area contributed by atoms with Gasteiger partial charge in [-0.05, 0) is 6.42 Å². The molecule has 0 saturated carbocycles. The number of piperidine rings is 1. The van der Waals surface area contributed by atoms with E-state index in [-0.39, 0.29) is 18.1 Å². The minimum Gasteiger partial charge on any atom is -0.370 e. The van der Waals surface area contributed by atoms with Gasteiger partial charge >= 0.3 is 0 Å². The predicted molar refractivity (Wildman–Crippen MR) is 90.1 cm³/mol. The number of benzene rings is 1. The van der Waals surface area contributed by atoms with Crippen molar-refractivity contribution in [3.63, 3.8) is 0 Å². The average Bonchev–Trinajstić information content (AvgIpc) is 3.37. The summed E-state index contributed by atoms with van der Waals surface area (Å²) < 4.78 is 13.1. The van der Waals surface area contributed by atoms with Gasteiger partial charge < -0.3 is 14.2 Å². The van der Waals surface area contributed by atoms with Crippen molar-refractivity contribution in [3.8, 4) is 11.3 Å². The number of rotatable bonds is 2. The van der Waals surface area contributed by atoms with Gasteiger partial charge in [0.05, 0.1) is 30.6 Å². The lowest BCUT2D eigenvalue weighted by Gasteiger charge is -2.40. The molecule has 0 bridgehead atoms. The first-order valence-corrected chi connectivity index (χ1v) is 8.61. The quantitative estimate of drug-likeness (QED) is 0.701. The van der Waals surface area contributed by atoms with Crippen molar-refractivity contribution in [2.45, 2.75) is 25.2 Å². The SMILES string of the molecule is O=C(c1cc(-c2ccccc2)on1)N1CC[C@H]2OCc3cnnn3[C@@H]2C1. The summed E-state index contributed by atoms with van der Waals surface area (Å²) in [5.74, 6) is 0.449. The zero-order valence-corrected chi connectivity index (χ0v) is 14.0. The van der Waals surface area contributed by atoms with Crippen LogP contribution in [0.15, 0.2) is 47.1 Å². The lowest BCUT2D eigenvalue weighted by molar-refractivity contribution is -0.0606. The Morgan fingerprint density at radius 2 is 2.12 bits per heavy atom. The number of ether oxygens (including phenoxy) is 1. The minimum atomic E-state index is -0.137. The molecule has 3 aromatic rings. The molecule has 1 aromatic carbocycles. The Morgan fingerprint density at radius 1 is 1.23 bits per heavy atom. The van der Waals surface area contributed by atoms with Gasteiger partial charge in [-0.2, -0.15) is 0 Å². The predicted octanol–water partition coefficient (Wildman–Crippen LogP) is 1.92. The van der Waals surface area contributed by atoms with E-state index in [9.17, 15) is 4.79 Å². The van der Waals surface area contributed by atoms with Crippen LogP contribution in [-0.4, -0.2) is 50.2 Å². The van der Waals surface area contributed by atoms with Gasteiger partial charge in [-0.1, -0.05) is 40.7 Å². The summed E-state index contributed by atoms with van der Waals surface area (Å²) in [4.78, 5) is 14.7. The molecule has 0 radical (unpaired) electrons. The van der Waals surface area contributed by atoms with Crippen LogP contribution in [0.4, 0.5) is 0 Å². The molecule has 26 heavy (non-hydrogen) atoms. The second kappa shape index (κ2) is 6.06. The fourth-order valence-corrected chi connectivity index (χ4v) is 3.64. The molecule has 2 aromatic heterocycles. The lowest BCUT2D eigenvalue weighted by Crippen LogP contribution is -2.50. The second-order valence-electron chi connectivity index (χ2n) is 6.57. The van der Waals surface area contributed by atoms with Gasteiger partial charge in [-0.3, -0.25) is 4.79 Å². The highest BCUT2D eigenvalue weighted by molar-refractivity contribution is 5.93. The number of hydrogen-bond donors (Lipinski definition) is 0. The molecule has 4 heterocycles. The van der Waals surface area contributed by atoms with Gasteiger partial charge in [-0.25, -0.2) is 4.68 Å². The Labute approximate surface area is 149 Å². The highest BCUT2D eigenvalue weighted by Crippen LogP contribution is 2.31. The van der Waals surface area contributed by atoms with Crippen LogP contribution in [0.3, 0.4) is 0 Å². The first-order chi connectivity index (χ1) is 12.8. The normalized spacial score (nSPS) is 21.9. The molecule has 1 fully saturated rings. The smallest absolute Gasteiger partial charge is 0.276 e. The minimum absolute atomic E-state index is 0.0144. The van der Waals surface area contributed by atoms with Gasteiger partial charge in [0.25, 0.3) is 5.91 Å². The van der Waals surface area contributed by atoms with Crippen LogP contribution >= 0.6 is 0 Å². The van der Waals surface area contributed by atoms with E-state index >= 15 is 0 Å².